The molecule has 0 aromatic heterocycles. The zero-order valence-electron chi connectivity index (χ0n) is 14.3. The number of carbonyl (C=O) groups excluding carboxylic acids is 2. The molecule has 1 heterocycles. The maximum Gasteiger partial charge on any atom is 0.233 e. The van der Waals surface area contributed by atoms with E-state index in [1.807, 2.05) is 17.9 Å². The van der Waals surface area contributed by atoms with Gasteiger partial charge in [0.05, 0.1) is 0 Å². The lowest BCUT2D eigenvalue weighted by Crippen LogP contribution is -2.45. The van der Waals surface area contributed by atoms with Gasteiger partial charge in [0.2, 0.25) is 11.8 Å². The molecule has 1 saturated heterocycles. The number of likely N-dealkylation sites (tertiary alicyclic amines) is 1. The maximum absolute atomic E-state index is 12.5. The van der Waals surface area contributed by atoms with Crippen LogP contribution in [0.1, 0.15) is 37.7 Å². The number of hydrogen-bond donors (Lipinski definition) is 1. The topological polar surface area (TPSA) is 58.6 Å². The van der Waals surface area contributed by atoms with Crippen LogP contribution in [0.5, 0.6) is 0 Å². The molecule has 1 fully saturated rings. The zero-order valence-corrected chi connectivity index (χ0v) is 15.1. The summed E-state index contributed by atoms with van der Waals surface area (Å²) in [6.07, 6.45) is 3.76. The Hall–Kier alpha value is -1.59. The van der Waals surface area contributed by atoms with E-state index in [-0.39, 0.29) is 24.3 Å². The number of piperidine rings is 1. The van der Waals surface area contributed by atoms with Crippen molar-refractivity contribution < 1.29 is 14.3 Å². The fourth-order valence-corrected chi connectivity index (χ4v) is 3.22. The lowest BCUT2D eigenvalue weighted by Gasteiger charge is -2.35. The number of halogens is 1. The Morgan fingerprint density at radius 2 is 2.17 bits per heavy atom. The van der Waals surface area contributed by atoms with E-state index in [4.69, 9.17) is 16.3 Å². The molecule has 5 nitrogen and oxygen atoms in total. The second-order valence-corrected chi connectivity index (χ2v) is 6.64. The molecule has 2 rings (SSSR count). The first kappa shape index (κ1) is 18.7. The smallest absolute Gasteiger partial charge is 0.233 e. The lowest BCUT2D eigenvalue weighted by molar-refractivity contribution is -0.138. The van der Waals surface area contributed by atoms with Crippen LogP contribution in [0.25, 0.3) is 0 Å². The van der Waals surface area contributed by atoms with Gasteiger partial charge in [-0.15, -0.1) is 0 Å². The molecule has 0 bridgehead atoms. The van der Waals surface area contributed by atoms with Crippen LogP contribution in [0.15, 0.2) is 18.2 Å². The summed E-state index contributed by atoms with van der Waals surface area (Å²) in [6, 6.07) is 5.48. The Balaban J connectivity index is 1.94. The number of anilines is 1. The van der Waals surface area contributed by atoms with E-state index in [1.165, 1.54) is 0 Å². The standard InChI is InChI=1S/C18H25ClN2O3/c1-13-6-7-14(19)11-16(13)20-17(22)12-18(23)21-9-4-3-5-15(21)8-10-24-2/h6-7,11,15H,3-5,8-10,12H2,1-2H3,(H,20,22). The van der Waals surface area contributed by atoms with Crippen molar-refractivity contribution in [2.24, 2.45) is 0 Å². The van der Waals surface area contributed by atoms with Crippen molar-refractivity contribution in [3.8, 4) is 0 Å². The van der Waals surface area contributed by atoms with Gasteiger partial charge < -0.3 is 15.0 Å². The predicted molar refractivity (Wildman–Crippen MR) is 95.3 cm³/mol. The summed E-state index contributed by atoms with van der Waals surface area (Å²) >= 11 is 5.96. The molecule has 132 valence electrons. The van der Waals surface area contributed by atoms with Gasteiger partial charge in [-0.1, -0.05) is 17.7 Å². The molecule has 1 aromatic rings. The highest BCUT2D eigenvalue weighted by Crippen LogP contribution is 2.22. The monoisotopic (exact) mass is 352 g/mol. The van der Waals surface area contributed by atoms with Crippen molar-refractivity contribution in [2.75, 3.05) is 25.6 Å². The Bertz CT molecular complexity index is 592. The third-order valence-electron chi connectivity index (χ3n) is 4.39. The van der Waals surface area contributed by atoms with E-state index in [0.29, 0.717) is 17.3 Å². The molecular formula is C18H25ClN2O3. The van der Waals surface area contributed by atoms with Crippen LogP contribution in [0.2, 0.25) is 5.02 Å². The van der Waals surface area contributed by atoms with Crippen molar-refractivity contribution in [3.05, 3.63) is 28.8 Å². The second-order valence-electron chi connectivity index (χ2n) is 6.20. The highest BCUT2D eigenvalue weighted by atomic mass is 35.5. The first-order valence-electron chi connectivity index (χ1n) is 8.35. The maximum atomic E-state index is 12.5. The minimum absolute atomic E-state index is 0.118. The van der Waals surface area contributed by atoms with Gasteiger partial charge in [0.25, 0.3) is 0 Å². The van der Waals surface area contributed by atoms with Crippen LogP contribution in [0.3, 0.4) is 0 Å². The third kappa shape index (κ3) is 5.21. The summed E-state index contributed by atoms with van der Waals surface area (Å²) in [4.78, 5) is 26.6. The fourth-order valence-electron chi connectivity index (χ4n) is 3.05. The number of amides is 2. The number of nitrogens with zero attached hydrogens (tertiary/aromatic N) is 1. The predicted octanol–water partition coefficient (Wildman–Crippen LogP) is 3.39. The molecule has 6 heteroatoms. The van der Waals surface area contributed by atoms with E-state index in [2.05, 4.69) is 5.32 Å². The molecule has 1 aromatic carbocycles. The van der Waals surface area contributed by atoms with Crippen molar-refractivity contribution >= 4 is 29.1 Å². The van der Waals surface area contributed by atoms with E-state index < -0.39 is 0 Å². The van der Waals surface area contributed by atoms with Crippen LogP contribution < -0.4 is 5.32 Å². The van der Waals surface area contributed by atoms with Crippen LogP contribution in [0.4, 0.5) is 5.69 Å². The molecule has 1 unspecified atom stereocenters. The molecular weight excluding hydrogens is 328 g/mol. The normalized spacial score (nSPS) is 17.6. The van der Waals surface area contributed by atoms with Crippen LogP contribution in [-0.4, -0.2) is 43.0 Å². The third-order valence-corrected chi connectivity index (χ3v) is 4.62. The molecule has 1 aliphatic heterocycles. The Morgan fingerprint density at radius 1 is 1.38 bits per heavy atom. The second kappa shape index (κ2) is 9.04. The summed E-state index contributed by atoms with van der Waals surface area (Å²) in [5.41, 5.74) is 1.56. The zero-order chi connectivity index (χ0) is 17.5. The number of aryl methyl sites for hydroxylation is 1. The average Bonchev–Trinajstić information content (AvgIpc) is 2.56. The van der Waals surface area contributed by atoms with Crippen molar-refractivity contribution in [1.29, 1.82) is 0 Å². The van der Waals surface area contributed by atoms with E-state index in [0.717, 1.165) is 37.8 Å². The first-order chi connectivity index (χ1) is 11.5. The quantitative estimate of drug-likeness (QED) is 0.798. The summed E-state index contributed by atoms with van der Waals surface area (Å²) < 4.78 is 5.13. The molecule has 24 heavy (non-hydrogen) atoms. The Morgan fingerprint density at radius 3 is 2.92 bits per heavy atom. The molecule has 1 aliphatic rings. The van der Waals surface area contributed by atoms with Gasteiger partial charge in [-0.2, -0.15) is 0 Å². The van der Waals surface area contributed by atoms with Crippen LogP contribution in [-0.2, 0) is 14.3 Å². The van der Waals surface area contributed by atoms with E-state index >= 15 is 0 Å². The minimum atomic E-state index is -0.304. The van der Waals surface area contributed by atoms with Gasteiger partial charge in [-0.05, 0) is 50.3 Å². The van der Waals surface area contributed by atoms with Gasteiger partial charge >= 0.3 is 0 Å². The average molecular weight is 353 g/mol. The lowest BCUT2D eigenvalue weighted by atomic mass is 9.99. The number of carbonyl (C=O) groups is 2. The van der Waals surface area contributed by atoms with Crippen molar-refractivity contribution in [1.82, 2.24) is 4.90 Å². The van der Waals surface area contributed by atoms with Crippen molar-refractivity contribution in [2.45, 2.75) is 45.1 Å². The van der Waals surface area contributed by atoms with Crippen LogP contribution in [0, 0.1) is 6.92 Å². The van der Waals surface area contributed by atoms with Gasteiger partial charge in [0.15, 0.2) is 0 Å². The number of methoxy groups -OCH3 is 1. The molecule has 0 aliphatic carbocycles. The summed E-state index contributed by atoms with van der Waals surface area (Å²) in [6.45, 7) is 3.23. The van der Waals surface area contributed by atoms with Crippen molar-refractivity contribution in [3.63, 3.8) is 0 Å². The fraction of sp³-hybridized carbons (Fsp3) is 0.556. The Kier molecular flexibility index (Phi) is 7.06. The number of hydrogen-bond acceptors (Lipinski definition) is 3. The van der Waals surface area contributed by atoms with E-state index in [1.54, 1.807) is 19.2 Å². The minimum Gasteiger partial charge on any atom is -0.385 e. The molecule has 0 radical (unpaired) electrons. The van der Waals surface area contributed by atoms with Gasteiger partial charge in [0.1, 0.15) is 6.42 Å². The molecule has 1 N–H and O–H groups in total. The summed E-state index contributed by atoms with van der Waals surface area (Å²) in [7, 11) is 1.66. The number of nitrogens with one attached hydrogen (secondary N) is 1. The van der Waals surface area contributed by atoms with Crippen LogP contribution >= 0.6 is 11.6 Å². The van der Waals surface area contributed by atoms with Gasteiger partial charge in [-0.25, -0.2) is 0 Å². The number of rotatable bonds is 6. The first-order valence-corrected chi connectivity index (χ1v) is 8.73. The molecule has 2 amide bonds. The SMILES string of the molecule is COCCC1CCCCN1C(=O)CC(=O)Nc1cc(Cl)ccc1C. The van der Waals surface area contributed by atoms with Gasteiger partial charge in [-0.3, -0.25) is 9.59 Å². The van der Waals surface area contributed by atoms with E-state index in [9.17, 15) is 9.59 Å². The highest BCUT2D eigenvalue weighted by molar-refractivity contribution is 6.31. The summed E-state index contributed by atoms with van der Waals surface area (Å²) in [5.74, 6) is -0.422. The number of benzene rings is 1. The Labute approximate surface area is 148 Å². The molecule has 0 saturated carbocycles. The largest absolute Gasteiger partial charge is 0.385 e. The van der Waals surface area contributed by atoms with Gasteiger partial charge in [0, 0.05) is 37.0 Å². The number of ether oxygens (including phenoxy) is 1. The molecule has 1 atom stereocenters. The highest BCUT2D eigenvalue weighted by Gasteiger charge is 2.27. The summed E-state index contributed by atoms with van der Waals surface area (Å²) in [5, 5.41) is 3.34. The molecule has 0 spiro atoms.